The summed E-state index contributed by atoms with van der Waals surface area (Å²) in [5.74, 6) is 2.63. The summed E-state index contributed by atoms with van der Waals surface area (Å²) < 4.78 is 0. The van der Waals surface area contributed by atoms with Gasteiger partial charge >= 0.3 is 0 Å². The normalized spacial score (nSPS) is 16.6. The number of carbonyl (C=O) groups is 1. The van der Waals surface area contributed by atoms with Gasteiger partial charge in [-0.1, -0.05) is 12.0 Å². The molecule has 108 valence electrons. The SMILES string of the molecule is C#CCNCC(=O)N1CCCN(Cc2cccs2)CC1. The van der Waals surface area contributed by atoms with Gasteiger partial charge in [0.2, 0.25) is 5.91 Å². The fourth-order valence-electron chi connectivity index (χ4n) is 2.35. The molecule has 1 aliphatic heterocycles. The highest BCUT2D eigenvalue weighted by Crippen LogP contribution is 2.13. The molecule has 1 amide bonds. The van der Waals surface area contributed by atoms with Crippen LogP contribution in [0.15, 0.2) is 17.5 Å². The maximum Gasteiger partial charge on any atom is 0.236 e. The van der Waals surface area contributed by atoms with Crippen LogP contribution >= 0.6 is 11.3 Å². The minimum Gasteiger partial charge on any atom is -0.340 e. The van der Waals surface area contributed by atoms with E-state index in [1.165, 1.54) is 4.88 Å². The van der Waals surface area contributed by atoms with Gasteiger partial charge < -0.3 is 4.90 Å². The molecule has 20 heavy (non-hydrogen) atoms. The van der Waals surface area contributed by atoms with Crippen molar-refractivity contribution in [2.24, 2.45) is 0 Å². The Morgan fingerprint density at radius 1 is 1.40 bits per heavy atom. The van der Waals surface area contributed by atoms with Gasteiger partial charge in [-0.25, -0.2) is 0 Å². The summed E-state index contributed by atoms with van der Waals surface area (Å²) in [6.45, 7) is 5.44. The van der Waals surface area contributed by atoms with Gasteiger partial charge in [0.15, 0.2) is 0 Å². The zero-order valence-electron chi connectivity index (χ0n) is 11.7. The maximum absolute atomic E-state index is 12.0. The molecule has 0 radical (unpaired) electrons. The van der Waals surface area contributed by atoms with E-state index >= 15 is 0 Å². The molecule has 0 bridgehead atoms. The summed E-state index contributed by atoms with van der Waals surface area (Å²) in [4.78, 5) is 17.8. The van der Waals surface area contributed by atoms with E-state index < -0.39 is 0 Å². The van der Waals surface area contributed by atoms with E-state index in [1.807, 2.05) is 4.90 Å². The number of nitrogens with one attached hydrogen (secondary N) is 1. The molecule has 0 saturated carbocycles. The van der Waals surface area contributed by atoms with E-state index in [2.05, 4.69) is 33.6 Å². The molecule has 1 fully saturated rings. The van der Waals surface area contributed by atoms with Gasteiger partial charge in [0.1, 0.15) is 0 Å². The molecule has 2 rings (SSSR count). The van der Waals surface area contributed by atoms with Crippen molar-refractivity contribution in [3.05, 3.63) is 22.4 Å². The fourth-order valence-corrected chi connectivity index (χ4v) is 3.10. The van der Waals surface area contributed by atoms with Crippen LogP contribution in [0, 0.1) is 12.3 Å². The number of thiophene rings is 1. The molecule has 0 aliphatic carbocycles. The summed E-state index contributed by atoms with van der Waals surface area (Å²) in [5, 5.41) is 5.07. The second-order valence-electron chi connectivity index (χ2n) is 4.90. The van der Waals surface area contributed by atoms with Crippen LogP contribution in [-0.2, 0) is 11.3 Å². The molecule has 1 N–H and O–H groups in total. The molecule has 1 aromatic heterocycles. The molecule has 0 atom stereocenters. The van der Waals surface area contributed by atoms with Gasteiger partial charge in [0.25, 0.3) is 0 Å². The number of hydrogen-bond donors (Lipinski definition) is 1. The lowest BCUT2D eigenvalue weighted by Gasteiger charge is -2.21. The van der Waals surface area contributed by atoms with E-state index in [9.17, 15) is 4.79 Å². The number of terminal acetylenes is 1. The average Bonchev–Trinajstić information content (AvgIpc) is 2.84. The van der Waals surface area contributed by atoms with Crippen LogP contribution in [0.25, 0.3) is 0 Å². The second kappa shape index (κ2) is 8.05. The highest BCUT2D eigenvalue weighted by atomic mass is 32.1. The van der Waals surface area contributed by atoms with Crippen molar-refractivity contribution in [3.8, 4) is 12.3 Å². The Balaban J connectivity index is 1.77. The number of nitrogens with zero attached hydrogens (tertiary/aromatic N) is 2. The monoisotopic (exact) mass is 291 g/mol. The Morgan fingerprint density at radius 3 is 3.05 bits per heavy atom. The quantitative estimate of drug-likeness (QED) is 0.649. The molecular formula is C15H21N3OS. The molecule has 1 aromatic rings. The molecule has 5 heteroatoms. The van der Waals surface area contributed by atoms with Crippen molar-refractivity contribution in [1.29, 1.82) is 0 Å². The Labute approximate surface area is 124 Å². The lowest BCUT2D eigenvalue weighted by molar-refractivity contribution is -0.130. The molecule has 0 unspecified atom stereocenters. The predicted octanol–water partition coefficient (Wildman–Crippen LogP) is 1.01. The first-order valence-electron chi connectivity index (χ1n) is 6.96. The van der Waals surface area contributed by atoms with Gasteiger partial charge in [0.05, 0.1) is 13.1 Å². The van der Waals surface area contributed by atoms with Gasteiger partial charge in [-0.2, -0.15) is 0 Å². The smallest absolute Gasteiger partial charge is 0.236 e. The second-order valence-corrected chi connectivity index (χ2v) is 5.93. The zero-order chi connectivity index (χ0) is 14.2. The van der Waals surface area contributed by atoms with E-state index in [0.29, 0.717) is 13.1 Å². The van der Waals surface area contributed by atoms with Crippen molar-refractivity contribution in [2.75, 3.05) is 39.3 Å². The molecular weight excluding hydrogens is 270 g/mol. The number of rotatable bonds is 5. The van der Waals surface area contributed by atoms with E-state index in [4.69, 9.17) is 6.42 Å². The summed E-state index contributed by atoms with van der Waals surface area (Å²) in [5.41, 5.74) is 0. The van der Waals surface area contributed by atoms with Crippen LogP contribution < -0.4 is 5.32 Å². The van der Waals surface area contributed by atoms with Crippen LogP contribution in [0.1, 0.15) is 11.3 Å². The lowest BCUT2D eigenvalue weighted by atomic mass is 10.3. The Bertz CT molecular complexity index is 452. The highest BCUT2D eigenvalue weighted by Gasteiger charge is 2.18. The molecule has 0 spiro atoms. The van der Waals surface area contributed by atoms with E-state index in [0.717, 1.165) is 39.1 Å². The van der Waals surface area contributed by atoms with Crippen LogP contribution in [0.3, 0.4) is 0 Å². The van der Waals surface area contributed by atoms with Crippen molar-refractivity contribution in [3.63, 3.8) is 0 Å². The summed E-state index contributed by atoms with van der Waals surface area (Å²) >= 11 is 1.79. The minimum absolute atomic E-state index is 0.151. The number of carbonyl (C=O) groups excluding carboxylic acids is 1. The molecule has 2 heterocycles. The summed E-state index contributed by atoms with van der Waals surface area (Å²) in [7, 11) is 0. The Hall–Kier alpha value is -1.35. The Kier molecular flexibility index (Phi) is 6.06. The summed E-state index contributed by atoms with van der Waals surface area (Å²) in [6.07, 6.45) is 6.19. The molecule has 1 saturated heterocycles. The third-order valence-electron chi connectivity index (χ3n) is 3.40. The maximum atomic E-state index is 12.0. The zero-order valence-corrected chi connectivity index (χ0v) is 12.5. The van der Waals surface area contributed by atoms with Crippen LogP contribution in [-0.4, -0.2) is 55.0 Å². The third kappa shape index (κ3) is 4.64. The predicted molar refractivity (Wildman–Crippen MR) is 82.5 cm³/mol. The molecule has 1 aliphatic rings. The first kappa shape index (κ1) is 15.0. The lowest BCUT2D eigenvalue weighted by Crippen LogP contribution is -2.40. The van der Waals surface area contributed by atoms with E-state index in [-0.39, 0.29) is 5.91 Å². The van der Waals surface area contributed by atoms with Gasteiger partial charge in [-0.3, -0.25) is 15.0 Å². The van der Waals surface area contributed by atoms with E-state index in [1.54, 1.807) is 11.3 Å². The van der Waals surface area contributed by atoms with Crippen molar-refractivity contribution < 1.29 is 4.79 Å². The van der Waals surface area contributed by atoms with Crippen molar-refractivity contribution in [2.45, 2.75) is 13.0 Å². The van der Waals surface area contributed by atoms with Gasteiger partial charge in [-0.15, -0.1) is 17.8 Å². The first-order chi connectivity index (χ1) is 9.79. The minimum atomic E-state index is 0.151. The molecule has 4 nitrogen and oxygen atoms in total. The third-order valence-corrected chi connectivity index (χ3v) is 4.27. The average molecular weight is 291 g/mol. The standard InChI is InChI=1S/C15H21N3OS/c1-2-6-16-12-15(19)18-8-4-7-17(9-10-18)13-14-5-3-11-20-14/h1,3,5,11,16H,4,6-10,12-13H2. The fraction of sp³-hybridized carbons (Fsp3) is 0.533. The van der Waals surface area contributed by atoms with Crippen LogP contribution in [0.2, 0.25) is 0 Å². The largest absolute Gasteiger partial charge is 0.340 e. The van der Waals surface area contributed by atoms with Gasteiger partial charge in [0, 0.05) is 37.6 Å². The number of amides is 1. The molecule has 0 aromatic carbocycles. The van der Waals surface area contributed by atoms with Gasteiger partial charge in [-0.05, 0) is 17.9 Å². The van der Waals surface area contributed by atoms with Crippen molar-refractivity contribution >= 4 is 17.2 Å². The van der Waals surface area contributed by atoms with Crippen LogP contribution in [0.5, 0.6) is 0 Å². The Morgan fingerprint density at radius 2 is 2.30 bits per heavy atom. The topological polar surface area (TPSA) is 35.6 Å². The highest BCUT2D eigenvalue weighted by molar-refractivity contribution is 7.09. The number of hydrogen-bond acceptors (Lipinski definition) is 4. The van der Waals surface area contributed by atoms with Crippen LogP contribution in [0.4, 0.5) is 0 Å². The van der Waals surface area contributed by atoms with Crippen molar-refractivity contribution in [1.82, 2.24) is 15.1 Å². The first-order valence-corrected chi connectivity index (χ1v) is 7.84. The summed E-state index contributed by atoms with van der Waals surface area (Å²) in [6, 6.07) is 4.26.